The molecule has 0 N–H and O–H groups in total. The fourth-order valence-electron chi connectivity index (χ4n) is 11.1. The first-order valence-corrected chi connectivity index (χ1v) is 29.4. The van der Waals surface area contributed by atoms with Gasteiger partial charge in [0.1, 0.15) is 23.1 Å². The van der Waals surface area contributed by atoms with E-state index in [-0.39, 0.29) is 48.3 Å². The fraction of sp³-hybridized carbons (Fsp3) is 0.641. The van der Waals surface area contributed by atoms with Crippen LogP contribution in [0.1, 0.15) is 266 Å². The van der Waals surface area contributed by atoms with Crippen molar-refractivity contribution in [3.8, 4) is 46.0 Å². The maximum Gasteiger partial charge on any atom is 0.161 e. The van der Waals surface area contributed by atoms with Crippen LogP contribution in [0, 0.1) is 47.2 Å². The van der Waals surface area contributed by atoms with E-state index in [4.69, 9.17) is 115 Å². The fourth-order valence-corrected chi connectivity index (χ4v) is 11.1. The lowest BCUT2D eigenvalue weighted by Gasteiger charge is -2.43. The minimum absolute atomic E-state index is 0.104. The molecule has 4 aromatic rings. The van der Waals surface area contributed by atoms with Gasteiger partial charge in [0.15, 0.2) is 46.0 Å². The maximum absolute atomic E-state index is 13.9. The summed E-state index contributed by atoms with van der Waals surface area (Å²) in [5.74, 6) is -26.7. The molecular formula is C78H112N4O12. The molecular weight excluding hydrogens is 1180 g/mol. The highest BCUT2D eigenvalue weighted by Gasteiger charge is 2.43. The van der Waals surface area contributed by atoms with Crippen molar-refractivity contribution in [1.82, 2.24) is 19.6 Å². The molecule has 16 heteroatoms. The van der Waals surface area contributed by atoms with E-state index in [0.717, 1.165) is 45.5 Å². The van der Waals surface area contributed by atoms with Crippen LogP contribution in [0.5, 0.6) is 46.0 Å². The van der Waals surface area contributed by atoms with Gasteiger partial charge in [0, 0.05) is 175 Å². The molecule has 0 amide bonds. The van der Waals surface area contributed by atoms with E-state index in [9.17, 15) is 20.5 Å². The molecule has 8 aliphatic rings. The molecule has 4 aromatic carbocycles. The zero-order valence-corrected chi connectivity index (χ0v) is 53.1. The van der Waals surface area contributed by atoms with Crippen molar-refractivity contribution in [1.29, 1.82) is 0 Å². The van der Waals surface area contributed by atoms with Crippen molar-refractivity contribution in [2.75, 3.05) is 109 Å². The number of benzene rings is 4. The lowest BCUT2D eigenvalue weighted by Crippen LogP contribution is -2.46. The summed E-state index contributed by atoms with van der Waals surface area (Å²) < 4.78 is 512. The molecule has 10 atom stereocenters. The van der Waals surface area contributed by atoms with Gasteiger partial charge in [0.05, 0.1) is 85.4 Å². The number of hydrogen-bond acceptors (Lipinski definition) is 16. The Hall–Kier alpha value is -6.20. The summed E-state index contributed by atoms with van der Waals surface area (Å²) >= 11 is 0. The second kappa shape index (κ2) is 32.7. The second-order valence-electron chi connectivity index (χ2n) is 22.6. The number of carbonyl (C=O) groups is 4. The van der Waals surface area contributed by atoms with Crippen LogP contribution in [-0.2, 0) is 44.7 Å². The number of fused-ring (bicyclic) bond motifs is 12. The van der Waals surface area contributed by atoms with Gasteiger partial charge in [-0.2, -0.15) is 0 Å². The summed E-state index contributed by atoms with van der Waals surface area (Å²) in [5.41, 5.74) is -4.44. The van der Waals surface area contributed by atoms with Crippen molar-refractivity contribution in [3.05, 3.63) is 92.9 Å². The maximum atomic E-state index is 13.9. The van der Waals surface area contributed by atoms with Crippen LogP contribution >= 0.6 is 0 Å². The molecule has 94 heavy (non-hydrogen) atoms. The van der Waals surface area contributed by atoms with Crippen LogP contribution in [0.4, 0.5) is 0 Å². The van der Waals surface area contributed by atoms with Gasteiger partial charge in [0.2, 0.25) is 0 Å². The third-order valence-electron chi connectivity index (χ3n) is 15.6. The predicted molar refractivity (Wildman–Crippen MR) is 370 cm³/mol. The average Bonchev–Trinajstić information content (AvgIpc) is 0.660. The SMILES string of the molecule is [2H]C([2H])([2H])Oc1cc2c(cc1OC)C([2H])([2H])C([2H])([2H])N1CC([2H])(CC(C)C)C(=O)C([2H])([2H])C21[2H].[2H]c1c(OC([2H])([2H])[2H])c(OC)c([2H])c2c1C1([2H])CC(=O)C(C([2H])([2H])C([2H])(C([2H])([2H])[2H])C([2H])([2H])C)CN1C([2H])([2H])C2([2H])[2H].[2H]c1c(OC([2H])([2H])[2H])c(OC)c([2H])c2c1C1([2H])CC(=O)C(CC(C)C)CN1C([2H])([2H])C2([2H])[2H].[2H]c1c2c(c([2H])c(OC([2H])([2H])[2H])c1OC)C1N(CC2)C([2H])([2H])C([2H])(C([2H])([2H])C([2H])(C([2H])([2H])[2H])C([2H])([2H])C)C(=O)C1([2H])[2H]. The molecule has 0 bridgehead atoms. The highest BCUT2D eigenvalue weighted by molar-refractivity contribution is 5.85. The minimum Gasteiger partial charge on any atom is -0.493 e. The van der Waals surface area contributed by atoms with Gasteiger partial charge in [-0.15, -0.1) is 0 Å². The largest absolute Gasteiger partial charge is 0.493 e. The summed E-state index contributed by atoms with van der Waals surface area (Å²) in [6.07, 6.45) is -31.7. The zero-order chi connectivity index (χ0) is 118. The number of hydrogen-bond donors (Lipinski definition) is 0. The molecule has 516 valence electrons. The van der Waals surface area contributed by atoms with Crippen LogP contribution in [0.3, 0.4) is 0 Å². The number of carbonyl (C=O) groups excluding carboxylic acids is 4. The monoisotopic (exact) mass is 1350 g/mol. The summed E-state index contributed by atoms with van der Waals surface area (Å²) in [6, 6.07) is -13.0. The normalized spacial score (nSPS) is 44.3. The number of Topliss-reactive ketones (excluding diaryl/α,β-unsaturated/α-hetero) is 4. The van der Waals surface area contributed by atoms with E-state index in [2.05, 4.69) is 0 Å². The second-order valence-corrected chi connectivity index (χ2v) is 22.6. The van der Waals surface area contributed by atoms with E-state index in [0.29, 0.717) is 35.0 Å². The smallest absolute Gasteiger partial charge is 0.161 e. The molecule has 16 nitrogen and oxygen atoms in total. The molecule has 0 saturated carbocycles. The van der Waals surface area contributed by atoms with Crippen molar-refractivity contribution in [3.63, 3.8) is 0 Å². The summed E-state index contributed by atoms with van der Waals surface area (Å²) in [6.45, 7) is -14.8. The molecule has 12 rings (SSSR count). The van der Waals surface area contributed by atoms with Crippen molar-refractivity contribution >= 4 is 23.1 Å². The molecule has 4 saturated heterocycles. The Morgan fingerprint density at radius 3 is 1.51 bits per heavy atom. The van der Waals surface area contributed by atoms with Gasteiger partial charge in [-0.25, -0.2) is 0 Å². The summed E-state index contributed by atoms with van der Waals surface area (Å²) in [7, 11) is -8.15. The molecule has 0 radical (unpaired) electrons. The number of ketones is 4. The van der Waals surface area contributed by atoms with Crippen LogP contribution in [-0.4, -0.2) is 151 Å². The van der Waals surface area contributed by atoms with Gasteiger partial charge < -0.3 is 37.9 Å². The Bertz CT molecular complexity index is 5930. The standard InChI is InChI=1S/2C20H29NO3.2C19H27NO3/c2*1-5-13(2)8-15-12-21-7-6-14-9-19(23-3)20(24-4)10-16(14)17(21)11-18(15)22;2*1-12(2)7-14-11-20-6-5-13-8-18(22-3)19(23-4)9-15(13)16(20)10-17(14)21/h2*9-10,13,15,17H,5-8,11-12H2,1-4H3;2*8-9,12,14,16H,5-7,10-11H2,1-4H3/i2D3,4D3,5D2,8D2,9D,10D,11D2,12D2,13D,15D;2D3,4D3,5D2,6D2,7D2,8D2,9D,10D,13D,17D;4D3,5D2,6D2,10D2,14D,16D;4D3,5D2,6D2,8D,9D,16D. The third-order valence-corrected chi connectivity index (χ3v) is 15.6. The topological polar surface area (TPSA) is 155 Å². The van der Waals surface area contributed by atoms with Gasteiger partial charge >= 0.3 is 0 Å². The zero-order valence-electron chi connectivity index (χ0n) is 110. The number of methoxy groups -OCH3 is 8. The third kappa shape index (κ3) is 16.4. The number of ether oxygens (including phenoxy) is 8. The van der Waals surface area contributed by atoms with E-state index >= 15 is 0 Å². The number of nitrogens with zero attached hydrogens (tertiary/aromatic N) is 4. The van der Waals surface area contributed by atoms with Crippen molar-refractivity contribution in [2.24, 2.45) is 47.2 Å². The molecule has 10 unspecified atom stereocenters. The Kier molecular flexibility index (Phi) is 9.85. The number of piperidine rings is 4. The molecule has 8 aliphatic heterocycles. The quantitative estimate of drug-likeness (QED) is 0.0926. The molecule has 0 aliphatic carbocycles. The Morgan fingerprint density at radius 1 is 0.511 bits per heavy atom. The average molecular weight is 1360 g/mol. The Labute approximate surface area is 642 Å². The van der Waals surface area contributed by atoms with Crippen molar-refractivity contribution < 1.29 is 135 Å². The van der Waals surface area contributed by atoms with Gasteiger partial charge in [-0.1, -0.05) is 68.0 Å². The molecule has 0 aromatic heterocycles. The van der Waals surface area contributed by atoms with E-state index in [1.165, 1.54) is 0 Å². The van der Waals surface area contributed by atoms with E-state index < -0.39 is 350 Å². The Morgan fingerprint density at radius 2 is 0.979 bits per heavy atom. The van der Waals surface area contributed by atoms with Crippen LogP contribution in [0.2, 0.25) is 0 Å². The van der Waals surface area contributed by atoms with E-state index in [1.807, 2.05) is 13.8 Å². The first-order chi connectivity index (χ1) is 67.0. The van der Waals surface area contributed by atoms with Crippen LogP contribution in [0.15, 0.2) is 48.4 Å². The summed E-state index contributed by atoms with van der Waals surface area (Å²) in [4.78, 5) is 56.1. The van der Waals surface area contributed by atoms with Gasteiger partial charge in [-0.05, 0) is 168 Å². The van der Waals surface area contributed by atoms with E-state index in [1.54, 1.807) is 13.8 Å². The number of aryl methyl sites for hydroxylation is 1. The predicted octanol–water partition coefficient (Wildman–Crippen LogP) is 13.7. The molecule has 4 fully saturated rings. The Balaban J connectivity index is 0.000000224. The molecule has 0 spiro atoms. The van der Waals surface area contributed by atoms with Gasteiger partial charge in [0.25, 0.3) is 0 Å². The lowest BCUT2D eigenvalue weighted by molar-refractivity contribution is -0.130. The molecule has 8 heterocycles. The van der Waals surface area contributed by atoms with Crippen LogP contribution in [0.25, 0.3) is 0 Å². The van der Waals surface area contributed by atoms with Gasteiger partial charge in [-0.3, -0.25) is 38.8 Å². The highest BCUT2D eigenvalue weighted by atomic mass is 16.5. The summed E-state index contributed by atoms with van der Waals surface area (Å²) in [5, 5.41) is 0. The minimum atomic E-state index is -4.22. The lowest BCUT2D eigenvalue weighted by atomic mass is 9.79. The first kappa shape index (κ1) is 28.3. The highest BCUT2D eigenvalue weighted by Crippen LogP contribution is 2.48. The van der Waals surface area contributed by atoms with Crippen LogP contribution < -0.4 is 37.9 Å². The van der Waals surface area contributed by atoms with Crippen molar-refractivity contribution in [2.45, 2.75) is 169 Å². The first-order valence-electron chi connectivity index (χ1n) is 57.9. The number of rotatable bonds is 18.